The summed E-state index contributed by atoms with van der Waals surface area (Å²) in [6.07, 6.45) is 1.87. The minimum absolute atomic E-state index is 0.158. The number of rotatable bonds is 6. The van der Waals surface area contributed by atoms with Gasteiger partial charge in [0.25, 0.3) is 0 Å². The molecule has 0 aromatic heterocycles. The summed E-state index contributed by atoms with van der Waals surface area (Å²) in [4.78, 5) is 2.16. The van der Waals surface area contributed by atoms with E-state index in [9.17, 15) is 4.57 Å². The quantitative estimate of drug-likeness (QED) is 0.743. The molecule has 106 valence electrons. The van der Waals surface area contributed by atoms with Crippen molar-refractivity contribution in [1.82, 2.24) is 0 Å². The van der Waals surface area contributed by atoms with Gasteiger partial charge in [0.05, 0.1) is 13.2 Å². The van der Waals surface area contributed by atoms with Crippen molar-refractivity contribution in [3.05, 3.63) is 30.3 Å². The molecule has 1 saturated heterocycles. The van der Waals surface area contributed by atoms with Gasteiger partial charge in [-0.3, -0.25) is 4.57 Å². The Morgan fingerprint density at radius 2 is 1.84 bits per heavy atom. The van der Waals surface area contributed by atoms with E-state index in [1.807, 2.05) is 44.2 Å². The van der Waals surface area contributed by atoms with Crippen molar-refractivity contribution in [2.45, 2.75) is 32.5 Å². The Balaban J connectivity index is 2.24. The average Bonchev–Trinajstić information content (AvgIpc) is 2.90. The van der Waals surface area contributed by atoms with Gasteiger partial charge < -0.3 is 13.9 Å². The van der Waals surface area contributed by atoms with Crippen molar-refractivity contribution in [3.63, 3.8) is 0 Å². The zero-order chi connectivity index (χ0) is 13.7. The molecule has 4 nitrogen and oxygen atoms in total. The average molecular weight is 283 g/mol. The molecule has 1 fully saturated rings. The van der Waals surface area contributed by atoms with Gasteiger partial charge in [-0.15, -0.1) is 0 Å². The maximum Gasteiger partial charge on any atom is 0.352 e. The predicted octanol–water partition coefficient (Wildman–Crippen LogP) is 3.88. The standard InChI is InChI=1S/C14H22NO3P/c1-3-17-19(16,18-4-2)14-11-8-12-15(14)13-9-6-5-7-10-13/h5-7,9-10,14H,3-4,8,11-12H2,1-2H3. The van der Waals surface area contributed by atoms with Gasteiger partial charge in [-0.25, -0.2) is 0 Å². The van der Waals surface area contributed by atoms with E-state index in [4.69, 9.17) is 9.05 Å². The van der Waals surface area contributed by atoms with Crippen LogP contribution >= 0.6 is 7.60 Å². The monoisotopic (exact) mass is 283 g/mol. The second-order valence-electron chi connectivity index (χ2n) is 4.53. The topological polar surface area (TPSA) is 38.8 Å². The molecule has 1 atom stereocenters. The lowest BCUT2D eigenvalue weighted by Crippen LogP contribution is -2.30. The molecule has 5 heteroatoms. The molecule has 1 aromatic carbocycles. The number of hydrogen-bond donors (Lipinski definition) is 0. The van der Waals surface area contributed by atoms with Crippen molar-refractivity contribution in [2.24, 2.45) is 0 Å². The Morgan fingerprint density at radius 3 is 2.42 bits per heavy atom. The van der Waals surface area contributed by atoms with Crippen LogP contribution in [0.15, 0.2) is 30.3 Å². The minimum Gasteiger partial charge on any atom is -0.357 e. The first kappa shape index (κ1) is 14.6. The summed E-state index contributed by atoms with van der Waals surface area (Å²) >= 11 is 0. The highest BCUT2D eigenvalue weighted by atomic mass is 31.2. The van der Waals surface area contributed by atoms with Gasteiger partial charge in [0.15, 0.2) is 0 Å². The van der Waals surface area contributed by atoms with Gasteiger partial charge in [0.2, 0.25) is 0 Å². The fourth-order valence-electron chi connectivity index (χ4n) is 2.57. The van der Waals surface area contributed by atoms with E-state index >= 15 is 0 Å². The SMILES string of the molecule is CCOP(=O)(OCC)C1CCCN1c1ccccc1. The molecule has 19 heavy (non-hydrogen) atoms. The Kier molecular flexibility index (Phi) is 5.03. The van der Waals surface area contributed by atoms with Crippen LogP contribution in [-0.2, 0) is 13.6 Å². The van der Waals surface area contributed by atoms with Crippen LogP contribution in [0.1, 0.15) is 26.7 Å². The van der Waals surface area contributed by atoms with Crippen LogP contribution in [0.5, 0.6) is 0 Å². The first-order valence-corrected chi connectivity index (χ1v) is 8.53. The molecule has 1 aromatic rings. The zero-order valence-electron chi connectivity index (χ0n) is 11.6. The number of nitrogens with zero attached hydrogens (tertiary/aromatic N) is 1. The molecule has 1 aliphatic heterocycles. The minimum atomic E-state index is -3.06. The summed E-state index contributed by atoms with van der Waals surface area (Å²) in [5.41, 5.74) is 1.09. The Labute approximate surface area is 115 Å². The highest BCUT2D eigenvalue weighted by Crippen LogP contribution is 2.57. The molecule has 1 unspecified atom stereocenters. The number of para-hydroxylation sites is 1. The number of benzene rings is 1. The van der Waals surface area contributed by atoms with Crippen LogP contribution in [0.4, 0.5) is 5.69 Å². The summed E-state index contributed by atoms with van der Waals surface area (Å²) < 4.78 is 23.9. The molecule has 1 heterocycles. The van der Waals surface area contributed by atoms with Gasteiger partial charge >= 0.3 is 7.60 Å². The first-order valence-electron chi connectivity index (χ1n) is 6.91. The Bertz CT molecular complexity index is 428. The van der Waals surface area contributed by atoms with Crippen molar-refractivity contribution >= 4 is 13.3 Å². The molecular weight excluding hydrogens is 261 g/mol. The molecule has 0 spiro atoms. The summed E-state index contributed by atoms with van der Waals surface area (Å²) in [5.74, 6) is -0.158. The molecule has 0 aliphatic carbocycles. The maximum atomic E-state index is 12.9. The van der Waals surface area contributed by atoms with E-state index in [1.54, 1.807) is 0 Å². The van der Waals surface area contributed by atoms with Crippen LogP contribution in [0.3, 0.4) is 0 Å². The molecule has 0 saturated carbocycles. The fraction of sp³-hybridized carbons (Fsp3) is 0.571. The van der Waals surface area contributed by atoms with E-state index in [-0.39, 0.29) is 5.78 Å². The summed E-state index contributed by atoms with van der Waals surface area (Å²) in [7, 11) is -3.06. The van der Waals surface area contributed by atoms with E-state index in [0.29, 0.717) is 13.2 Å². The molecule has 0 N–H and O–H groups in total. The molecule has 0 amide bonds. The molecule has 0 bridgehead atoms. The van der Waals surface area contributed by atoms with Gasteiger partial charge in [-0.05, 0) is 38.8 Å². The van der Waals surface area contributed by atoms with Crippen LogP contribution in [-0.4, -0.2) is 25.5 Å². The van der Waals surface area contributed by atoms with E-state index < -0.39 is 7.60 Å². The zero-order valence-corrected chi connectivity index (χ0v) is 12.5. The number of hydrogen-bond acceptors (Lipinski definition) is 4. The summed E-state index contributed by atoms with van der Waals surface area (Å²) in [6.45, 7) is 5.44. The Morgan fingerprint density at radius 1 is 1.21 bits per heavy atom. The van der Waals surface area contributed by atoms with Crippen molar-refractivity contribution in [2.75, 3.05) is 24.7 Å². The number of anilines is 1. The van der Waals surface area contributed by atoms with Gasteiger partial charge in [0, 0.05) is 12.2 Å². The Hall–Kier alpha value is -0.830. The smallest absolute Gasteiger partial charge is 0.352 e. The first-order chi connectivity index (χ1) is 9.21. The molecule has 0 radical (unpaired) electrons. The van der Waals surface area contributed by atoms with Crippen molar-refractivity contribution in [3.8, 4) is 0 Å². The third kappa shape index (κ3) is 3.19. The molecule has 1 aliphatic rings. The van der Waals surface area contributed by atoms with E-state index in [1.165, 1.54) is 0 Å². The van der Waals surface area contributed by atoms with Crippen LogP contribution < -0.4 is 4.90 Å². The molecular formula is C14H22NO3P. The summed E-state index contributed by atoms with van der Waals surface area (Å²) in [5, 5.41) is 0. The fourth-order valence-corrected chi connectivity index (χ4v) is 4.80. The van der Waals surface area contributed by atoms with E-state index in [2.05, 4.69) is 4.90 Å². The lowest BCUT2D eigenvalue weighted by Gasteiger charge is -2.31. The second kappa shape index (κ2) is 6.56. The third-order valence-electron chi connectivity index (χ3n) is 3.29. The van der Waals surface area contributed by atoms with Gasteiger partial charge in [-0.2, -0.15) is 0 Å². The van der Waals surface area contributed by atoms with Crippen LogP contribution in [0.2, 0.25) is 0 Å². The van der Waals surface area contributed by atoms with Crippen LogP contribution in [0, 0.1) is 0 Å². The lowest BCUT2D eigenvalue weighted by atomic mass is 10.3. The lowest BCUT2D eigenvalue weighted by molar-refractivity contribution is 0.212. The summed E-state index contributed by atoms with van der Waals surface area (Å²) in [6, 6.07) is 10.1. The predicted molar refractivity (Wildman–Crippen MR) is 77.7 cm³/mol. The normalized spacial score (nSPS) is 19.9. The van der Waals surface area contributed by atoms with Crippen molar-refractivity contribution in [1.29, 1.82) is 0 Å². The highest BCUT2D eigenvalue weighted by molar-refractivity contribution is 7.54. The second-order valence-corrected chi connectivity index (χ2v) is 6.72. The van der Waals surface area contributed by atoms with E-state index in [0.717, 1.165) is 25.1 Å². The van der Waals surface area contributed by atoms with Gasteiger partial charge in [-0.1, -0.05) is 18.2 Å². The van der Waals surface area contributed by atoms with Crippen molar-refractivity contribution < 1.29 is 13.6 Å². The highest BCUT2D eigenvalue weighted by Gasteiger charge is 2.42. The van der Waals surface area contributed by atoms with Crippen LogP contribution in [0.25, 0.3) is 0 Å². The maximum absolute atomic E-state index is 12.9. The largest absolute Gasteiger partial charge is 0.357 e. The third-order valence-corrected chi connectivity index (χ3v) is 5.80. The molecule has 2 rings (SSSR count). The van der Waals surface area contributed by atoms with Gasteiger partial charge in [0.1, 0.15) is 5.78 Å².